The van der Waals surface area contributed by atoms with Gasteiger partial charge in [-0.3, -0.25) is 0 Å². The van der Waals surface area contributed by atoms with Gasteiger partial charge in [0.25, 0.3) is 0 Å². The summed E-state index contributed by atoms with van der Waals surface area (Å²) in [5, 5.41) is 7.76. The molecule has 1 aliphatic heterocycles. The second kappa shape index (κ2) is 7.63. The molecule has 0 saturated carbocycles. The third-order valence-corrected chi connectivity index (χ3v) is 5.27. The number of hydrogen-bond donors (Lipinski definition) is 1. The Labute approximate surface area is 171 Å². The summed E-state index contributed by atoms with van der Waals surface area (Å²) in [7, 11) is 1.61. The lowest BCUT2D eigenvalue weighted by atomic mass is 10.1. The number of aromatic nitrogens is 2. The van der Waals surface area contributed by atoms with Crippen LogP contribution in [-0.2, 0) is 25.4 Å². The first-order chi connectivity index (χ1) is 13.9. The maximum atomic E-state index is 13.6. The van der Waals surface area contributed by atoms with Gasteiger partial charge in [-0.2, -0.15) is 18.3 Å². The van der Waals surface area contributed by atoms with Gasteiger partial charge in [-0.1, -0.05) is 23.7 Å². The molecule has 152 valence electrons. The van der Waals surface area contributed by atoms with Gasteiger partial charge >= 0.3 is 6.18 Å². The van der Waals surface area contributed by atoms with Crippen LogP contribution in [0.1, 0.15) is 22.4 Å². The van der Waals surface area contributed by atoms with Gasteiger partial charge in [0, 0.05) is 17.1 Å². The molecule has 0 spiro atoms. The highest BCUT2D eigenvalue weighted by Gasteiger charge is 2.36. The summed E-state index contributed by atoms with van der Waals surface area (Å²) in [6.45, 7) is 0.678. The molecule has 1 aromatic heterocycles. The van der Waals surface area contributed by atoms with Crippen LogP contribution < -0.4 is 10.1 Å². The van der Waals surface area contributed by atoms with Gasteiger partial charge < -0.3 is 10.1 Å². The molecule has 29 heavy (non-hydrogen) atoms. The number of fused-ring (bicyclic) bond motifs is 1. The van der Waals surface area contributed by atoms with E-state index in [9.17, 15) is 13.2 Å². The summed E-state index contributed by atoms with van der Waals surface area (Å²) < 4.78 is 47.3. The van der Waals surface area contributed by atoms with Crippen molar-refractivity contribution in [3.63, 3.8) is 0 Å². The van der Waals surface area contributed by atoms with Crippen LogP contribution in [0, 0.1) is 0 Å². The number of nitrogens with zero attached hydrogens (tertiary/aromatic N) is 2. The molecule has 8 heteroatoms. The van der Waals surface area contributed by atoms with Crippen LogP contribution in [0.15, 0.2) is 42.5 Å². The predicted octanol–water partition coefficient (Wildman–Crippen LogP) is 5.31. The first-order valence-electron chi connectivity index (χ1n) is 9.21. The largest absolute Gasteiger partial charge is 0.497 e. The van der Waals surface area contributed by atoms with E-state index in [1.165, 1.54) is 16.8 Å². The second-order valence-electron chi connectivity index (χ2n) is 6.87. The van der Waals surface area contributed by atoms with Crippen LogP contribution in [0.2, 0.25) is 5.02 Å². The number of methoxy groups -OCH3 is 1. The van der Waals surface area contributed by atoms with E-state index in [2.05, 4.69) is 10.4 Å². The lowest BCUT2D eigenvalue weighted by molar-refractivity contribution is -0.137. The Balaban J connectivity index is 1.67. The molecule has 1 aliphatic rings. The van der Waals surface area contributed by atoms with Gasteiger partial charge in [-0.15, -0.1) is 0 Å². The molecule has 0 amide bonds. The van der Waals surface area contributed by atoms with Gasteiger partial charge in [-0.05, 0) is 55.2 Å². The number of hydrogen-bond acceptors (Lipinski definition) is 3. The van der Waals surface area contributed by atoms with Crippen molar-refractivity contribution in [2.45, 2.75) is 25.4 Å². The van der Waals surface area contributed by atoms with E-state index in [-0.39, 0.29) is 10.7 Å². The molecule has 4 nitrogen and oxygen atoms in total. The Hall–Kier alpha value is -2.67. The number of rotatable bonds is 5. The van der Waals surface area contributed by atoms with Crippen molar-refractivity contribution in [1.29, 1.82) is 0 Å². The van der Waals surface area contributed by atoms with Crippen LogP contribution in [0.25, 0.3) is 5.69 Å². The fourth-order valence-corrected chi connectivity index (χ4v) is 3.77. The van der Waals surface area contributed by atoms with Crippen molar-refractivity contribution in [3.8, 4) is 11.4 Å². The summed E-state index contributed by atoms with van der Waals surface area (Å²) in [5.74, 6) is 1.41. The van der Waals surface area contributed by atoms with Gasteiger partial charge in [0.05, 0.1) is 24.1 Å². The Bertz CT molecular complexity index is 1030. The van der Waals surface area contributed by atoms with Crippen molar-refractivity contribution in [1.82, 2.24) is 9.78 Å². The quantitative estimate of drug-likeness (QED) is 0.607. The van der Waals surface area contributed by atoms with E-state index in [1.54, 1.807) is 7.11 Å². The van der Waals surface area contributed by atoms with E-state index in [0.717, 1.165) is 41.5 Å². The zero-order valence-electron chi connectivity index (χ0n) is 15.7. The molecule has 4 rings (SSSR count). The lowest BCUT2D eigenvalue weighted by Gasteiger charge is -2.15. The molecule has 0 saturated heterocycles. The molecule has 0 radical (unpaired) electrons. The molecule has 3 aromatic rings. The van der Waals surface area contributed by atoms with Crippen LogP contribution >= 0.6 is 11.6 Å². The van der Waals surface area contributed by atoms with E-state index >= 15 is 0 Å². The zero-order valence-corrected chi connectivity index (χ0v) is 16.4. The summed E-state index contributed by atoms with van der Waals surface area (Å²) in [6, 6.07) is 11.5. The number of anilines is 1. The minimum absolute atomic E-state index is 0.0248. The SMILES string of the molecule is COc1ccc(CCc2nn(-c3ccc(Cl)cc3C(F)(F)F)c3c2CCN3)cc1. The third kappa shape index (κ3) is 3.92. The highest BCUT2D eigenvalue weighted by molar-refractivity contribution is 6.30. The number of alkyl halides is 3. The first-order valence-corrected chi connectivity index (χ1v) is 9.59. The molecule has 2 heterocycles. The average Bonchev–Trinajstić information content (AvgIpc) is 3.29. The fourth-order valence-electron chi connectivity index (χ4n) is 3.60. The minimum Gasteiger partial charge on any atom is -0.497 e. The van der Waals surface area contributed by atoms with Crippen LogP contribution in [0.5, 0.6) is 5.75 Å². The van der Waals surface area contributed by atoms with E-state index < -0.39 is 11.7 Å². The number of halogens is 4. The maximum absolute atomic E-state index is 13.6. The molecule has 0 atom stereocenters. The Kier molecular flexibility index (Phi) is 5.17. The van der Waals surface area contributed by atoms with Crippen molar-refractivity contribution in [2.24, 2.45) is 0 Å². The lowest BCUT2D eigenvalue weighted by Crippen LogP contribution is -2.13. The van der Waals surface area contributed by atoms with Gasteiger partial charge in [-0.25, -0.2) is 4.68 Å². The van der Waals surface area contributed by atoms with Crippen LogP contribution in [-0.4, -0.2) is 23.4 Å². The third-order valence-electron chi connectivity index (χ3n) is 5.04. The smallest absolute Gasteiger partial charge is 0.418 e. The molecule has 0 fully saturated rings. The highest BCUT2D eigenvalue weighted by atomic mass is 35.5. The van der Waals surface area contributed by atoms with Crippen molar-refractivity contribution < 1.29 is 17.9 Å². The second-order valence-corrected chi connectivity index (χ2v) is 7.31. The van der Waals surface area contributed by atoms with Gasteiger partial charge in [0.2, 0.25) is 0 Å². The Morgan fingerprint density at radius 2 is 1.90 bits per heavy atom. The Morgan fingerprint density at radius 3 is 2.59 bits per heavy atom. The number of aryl methyl sites for hydroxylation is 2. The fraction of sp³-hybridized carbons (Fsp3) is 0.286. The highest BCUT2D eigenvalue weighted by Crippen LogP contribution is 2.38. The molecule has 2 aromatic carbocycles. The van der Waals surface area contributed by atoms with Crippen molar-refractivity contribution >= 4 is 17.4 Å². The summed E-state index contributed by atoms with van der Waals surface area (Å²) >= 11 is 5.82. The van der Waals surface area contributed by atoms with Crippen molar-refractivity contribution in [3.05, 3.63) is 69.9 Å². The molecule has 0 unspecified atom stereocenters. The van der Waals surface area contributed by atoms with Crippen molar-refractivity contribution in [2.75, 3.05) is 19.0 Å². The van der Waals surface area contributed by atoms with E-state index in [0.29, 0.717) is 18.8 Å². The monoisotopic (exact) mass is 421 g/mol. The molecule has 0 bridgehead atoms. The summed E-state index contributed by atoms with van der Waals surface area (Å²) in [4.78, 5) is 0. The summed E-state index contributed by atoms with van der Waals surface area (Å²) in [5.41, 5.74) is 2.07. The van der Waals surface area contributed by atoms with Gasteiger partial charge in [0.15, 0.2) is 0 Å². The maximum Gasteiger partial charge on any atom is 0.418 e. The minimum atomic E-state index is -4.53. The van der Waals surface area contributed by atoms with E-state index in [1.807, 2.05) is 24.3 Å². The van der Waals surface area contributed by atoms with Crippen LogP contribution in [0.3, 0.4) is 0 Å². The molecule has 0 aliphatic carbocycles. The number of benzene rings is 2. The molecular weight excluding hydrogens is 403 g/mol. The molecular formula is C21H19ClF3N3O. The standard InChI is InChI=1S/C21H19ClF3N3O/c1-29-15-6-2-13(3-7-15)4-8-18-16-10-11-26-20(16)28(27-18)19-9-5-14(22)12-17(19)21(23,24)25/h2-3,5-7,9,12,26H,4,8,10-11H2,1H3. The number of nitrogens with one attached hydrogen (secondary N) is 1. The zero-order chi connectivity index (χ0) is 20.6. The average molecular weight is 422 g/mol. The van der Waals surface area contributed by atoms with E-state index in [4.69, 9.17) is 16.3 Å². The van der Waals surface area contributed by atoms with Gasteiger partial charge in [0.1, 0.15) is 11.6 Å². The normalized spacial score (nSPS) is 13.3. The topological polar surface area (TPSA) is 39.1 Å². The predicted molar refractivity (Wildman–Crippen MR) is 106 cm³/mol. The first kappa shape index (κ1) is 19.6. The summed E-state index contributed by atoms with van der Waals surface area (Å²) in [6.07, 6.45) is -2.42. The van der Waals surface area contributed by atoms with Crippen LogP contribution in [0.4, 0.5) is 19.0 Å². The Morgan fingerprint density at radius 1 is 1.14 bits per heavy atom. The molecule has 1 N–H and O–H groups in total. The number of ether oxygens (including phenoxy) is 1.